The number of carbonyl (C=O) groups is 1. The second-order valence-corrected chi connectivity index (χ2v) is 5.00. The summed E-state index contributed by atoms with van der Waals surface area (Å²) in [4.78, 5) is 14.8. The molecular weight excluding hydrogens is 232 g/mol. The second-order valence-electron chi connectivity index (χ2n) is 5.00. The fraction of sp³-hybridized carbons (Fsp3) is 0.917. The van der Waals surface area contributed by atoms with Gasteiger partial charge in [0.25, 0.3) is 0 Å². The predicted molar refractivity (Wildman–Crippen MR) is 68.9 cm³/mol. The van der Waals surface area contributed by atoms with E-state index in [9.17, 15) is 4.79 Å². The number of carbonyl (C=O) groups excluding carboxylic acids is 1. The first-order valence-electron chi connectivity index (χ1n) is 6.42. The number of hydrogen-bond donors (Lipinski definition) is 1. The van der Waals surface area contributed by atoms with Crippen molar-refractivity contribution in [2.45, 2.75) is 38.6 Å². The van der Waals surface area contributed by atoms with Crippen molar-refractivity contribution in [3.05, 3.63) is 10.4 Å². The molecule has 1 saturated carbocycles. The highest BCUT2D eigenvalue weighted by Gasteiger charge is 2.47. The lowest BCUT2D eigenvalue weighted by atomic mass is 9.68. The highest BCUT2D eigenvalue weighted by molar-refractivity contribution is 5.81. The molecule has 1 aliphatic rings. The Balaban J connectivity index is 2.80. The zero-order valence-electron chi connectivity index (χ0n) is 11.3. The Morgan fingerprint density at radius 1 is 1.61 bits per heavy atom. The van der Waals surface area contributed by atoms with E-state index >= 15 is 0 Å². The summed E-state index contributed by atoms with van der Waals surface area (Å²) < 4.78 is 4.96. The van der Waals surface area contributed by atoms with Crippen LogP contribution in [0.15, 0.2) is 5.11 Å². The molecular formula is C12H22N4O2. The number of esters is 1. The largest absolute Gasteiger partial charge is 0.468 e. The van der Waals surface area contributed by atoms with Crippen molar-refractivity contribution in [2.75, 3.05) is 20.2 Å². The number of rotatable bonds is 5. The van der Waals surface area contributed by atoms with Crippen molar-refractivity contribution in [1.82, 2.24) is 5.32 Å². The molecule has 18 heavy (non-hydrogen) atoms. The monoisotopic (exact) mass is 254 g/mol. The zero-order chi connectivity index (χ0) is 13.6. The molecule has 0 amide bonds. The highest BCUT2D eigenvalue weighted by Crippen LogP contribution is 2.38. The van der Waals surface area contributed by atoms with Gasteiger partial charge in [-0.1, -0.05) is 31.8 Å². The summed E-state index contributed by atoms with van der Waals surface area (Å²) in [6, 6.07) is 0. The second kappa shape index (κ2) is 6.61. The van der Waals surface area contributed by atoms with Crippen LogP contribution in [-0.4, -0.2) is 31.7 Å². The average Bonchev–Trinajstić information content (AvgIpc) is 2.38. The van der Waals surface area contributed by atoms with Gasteiger partial charge in [-0.25, -0.2) is 0 Å². The van der Waals surface area contributed by atoms with Crippen LogP contribution in [0.4, 0.5) is 0 Å². The average molecular weight is 254 g/mol. The van der Waals surface area contributed by atoms with Gasteiger partial charge in [-0.2, -0.15) is 0 Å². The normalized spacial score (nSPS) is 31.5. The van der Waals surface area contributed by atoms with Crippen molar-refractivity contribution in [3.63, 3.8) is 0 Å². The standard InChI is InChI=1S/C12H22N4O2/c1-9-5-4-6-12(10(9)2,11(17)18-3)14-7-8-15-16-13/h9-10,14H,4-8H2,1-3H3. The van der Waals surface area contributed by atoms with Gasteiger partial charge in [0.1, 0.15) is 5.54 Å². The summed E-state index contributed by atoms with van der Waals surface area (Å²) in [5, 5.41) is 6.74. The Morgan fingerprint density at radius 3 is 2.94 bits per heavy atom. The molecule has 0 saturated heterocycles. The summed E-state index contributed by atoms with van der Waals surface area (Å²) >= 11 is 0. The third kappa shape index (κ3) is 2.94. The van der Waals surface area contributed by atoms with Gasteiger partial charge < -0.3 is 10.1 Å². The van der Waals surface area contributed by atoms with E-state index in [1.165, 1.54) is 7.11 Å². The first kappa shape index (κ1) is 14.8. The van der Waals surface area contributed by atoms with Crippen LogP contribution in [-0.2, 0) is 9.53 Å². The van der Waals surface area contributed by atoms with Gasteiger partial charge in [-0.15, -0.1) is 0 Å². The van der Waals surface area contributed by atoms with Crippen molar-refractivity contribution in [1.29, 1.82) is 0 Å². The van der Waals surface area contributed by atoms with E-state index < -0.39 is 5.54 Å². The number of methoxy groups -OCH3 is 1. The van der Waals surface area contributed by atoms with Crippen molar-refractivity contribution >= 4 is 5.97 Å². The number of nitrogens with zero attached hydrogens (tertiary/aromatic N) is 3. The predicted octanol–water partition coefficient (Wildman–Crippen LogP) is 2.25. The highest BCUT2D eigenvalue weighted by atomic mass is 16.5. The SMILES string of the molecule is COC(=O)C1(NCCN=[N+]=[N-])CCCC(C)C1C. The number of azide groups is 1. The van der Waals surface area contributed by atoms with E-state index in [0.29, 0.717) is 19.0 Å². The minimum Gasteiger partial charge on any atom is -0.468 e. The van der Waals surface area contributed by atoms with Crippen LogP contribution in [0.2, 0.25) is 0 Å². The molecule has 1 N–H and O–H groups in total. The molecule has 6 heteroatoms. The summed E-state index contributed by atoms with van der Waals surface area (Å²) in [5.41, 5.74) is 7.63. The lowest BCUT2D eigenvalue weighted by Crippen LogP contribution is -2.60. The molecule has 0 radical (unpaired) electrons. The van der Waals surface area contributed by atoms with Gasteiger partial charge >= 0.3 is 5.97 Å². The number of ether oxygens (including phenoxy) is 1. The van der Waals surface area contributed by atoms with Crippen LogP contribution in [0.5, 0.6) is 0 Å². The van der Waals surface area contributed by atoms with E-state index in [2.05, 4.69) is 29.2 Å². The molecule has 3 unspecified atom stereocenters. The molecule has 0 aromatic rings. The van der Waals surface area contributed by atoms with E-state index in [1.807, 2.05) is 0 Å². The van der Waals surface area contributed by atoms with Crippen LogP contribution in [0.3, 0.4) is 0 Å². The maximum absolute atomic E-state index is 12.1. The van der Waals surface area contributed by atoms with Gasteiger partial charge in [0, 0.05) is 18.0 Å². The third-order valence-corrected chi connectivity index (χ3v) is 4.13. The quantitative estimate of drug-likeness (QED) is 0.268. The van der Waals surface area contributed by atoms with Crippen LogP contribution < -0.4 is 5.32 Å². The molecule has 0 spiro atoms. The summed E-state index contributed by atoms with van der Waals surface area (Å²) in [5.74, 6) is 0.483. The van der Waals surface area contributed by atoms with Gasteiger partial charge in [0.05, 0.1) is 7.11 Å². The smallest absolute Gasteiger partial charge is 0.326 e. The van der Waals surface area contributed by atoms with E-state index in [0.717, 1.165) is 19.3 Å². The molecule has 0 heterocycles. The maximum atomic E-state index is 12.1. The molecule has 1 rings (SSSR count). The van der Waals surface area contributed by atoms with Gasteiger partial charge in [0.2, 0.25) is 0 Å². The lowest BCUT2D eigenvalue weighted by molar-refractivity contribution is -0.154. The van der Waals surface area contributed by atoms with Crippen molar-refractivity contribution in [3.8, 4) is 0 Å². The number of nitrogens with one attached hydrogen (secondary N) is 1. The fourth-order valence-corrected chi connectivity index (χ4v) is 2.83. The Labute approximate surface area is 108 Å². The summed E-state index contributed by atoms with van der Waals surface area (Å²) in [7, 11) is 1.42. The van der Waals surface area contributed by atoms with E-state index in [1.54, 1.807) is 0 Å². The molecule has 102 valence electrons. The Bertz CT molecular complexity index is 341. The number of hydrogen-bond acceptors (Lipinski definition) is 4. The first-order valence-corrected chi connectivity index (χ1v) is 6.42. The summed E-state index contributed by atoms with van der Waals surface area (Å²) in [6.07, 6.45) is 2.93. The Morgan fingerprint density at radius 2 is 2.33 bits per heavy atom. The molecule has 3 atom stereocenters. The molecule has 0 bridgehead atoms. The topological polar surface area (TPSA) is 87.1 Å². The van der Waals surface area contributed by atoms with Crippen molar-refractivity contribution in [2.24, 2.45) is 17.0 Å². The fourth-order valence-electron chi connectivity index (χ4n) is 2.83. The molecule has 0 aliphatic heterocycles. The van der Waals surface area contributed by atoms with Crippen LogP contribution >= 0.6 is 0 Å². The lowest BCUT2D eigenvalue weighted by Gasteiger charge is -2.44. The maximum Gasteiger partial charge on any atom is 0.326 e. The van der Waals surface area contributed by atoms with Gasteiger partial charge in [-0.3, -0.25) is 4.79 Å². The Kier molecular flexibility index (Phi) is 5.44. The Hall–Kier alpha value is -1.26. The van der Waals surface area contributed by atoms with Crippen LogP contribution in [0.25, 0.3) is 10.4 Å². The molecule has 0 aromatic carbocycles. The van der Waals surface area contributed by atoms with Gasteiger partial charge in [-0.05, 0) is 23.8 Å². The first-order chi connectivity index (χ1) is 8.58. The minimum absolute atomic E-state index is 0.206. The molecule has 1 aliphatic carbocycles. The van der Waals surface area contributed by atoms with Crippen molar-refractivity contribution < 1.29 is 9.53 Å². The zero-order valence-corrected chi connectivity index (χ0v) is 11.3. The molecule has 0 aromatic heterocycles. The van der Waals surface area contributed by atoms with E-state index in [-0.39, 0.29) is 11.9 Å². The molecule has 6 nitrogen and oxygen atoms in total. The third-order valence-electron chi connectivity index (χ3n) is 4.13. The van der Waals surface area contributed by atoms with E-state index in [4.69, 9.17) is 10.3 Å². The summed E-state index contributed by atoms with van der Waals surface area (Å²) in [6.45, 7) is 5.09. The van der Waals surface area contributed by atoms with Crippen LogP contribution in [0, 0.1) is 11.8 Å². The van der Waals surface area contributed by atoms with Gasteiger partial charge in [0.15, 0.2) is 0 Å². The van der Waals surface area contributed by atoms with Crippen LogP contribution in [0.1, 0.15) is 33.1 Å². The minimum atomic E-state index is -0.628. The molecule has 1 fully saturated rings.